The molecular weight excluding hydrogens is 330 g/mol. The largest absolute Gasteiger partial charge is 0.396 e. The zero-order valence-electron chi connectivity index (χ0n) is 13.1. The number of rotatable bonds is 4. The molecule has 0 aliphatic carbocycles. The summed E-state index contributed by atoms with van der Waals surface area (Å²) in [4.78, 5) is 2.38. The Morgan fingerprint density at radius 3 is 2.38 bits per heavy atom. The minimum Gasteiger partial charge on any atom is -0.396 e. The van der Waals surface area contributed by atoms with Crippen LogP contribution in [0.15, 0.2) is 28.7 Å². The molecule has 0 saturated carbocycles. The first kappa shape index (κ1) is 16.9. The summed E-state index contributed by atoms with van der Waals surface area (Å²) < 4.78 is 0.997. The Morgan fingerprint density at radius 2 is 1.86 bits per heavy atom. The first-order chi connectivity index (χ1) is 9.79. The van der Waals surface area contributed by atoms with E-state index in [1.165, 1.54) is 0 Å². The Hall–Kier alpha value is -0.420. The second-order valence-electron chi connectivity index (χ2n) is 6.93. The Labute approximate surface area is 136 Å². The highest BCUT2D eigenvalue weighted by Gasteiger charge is 2.46. The van der Waals surface area contributed by atoms with Crippen LogP contribution in [0.4, 0.5) is 0 Å². The summed E-state index contributed by atoms with van der Waals surface area (Å²) in [6.45, 7) is 7.55. The Balaban J connectivity index is 2.39. The van der Waals surface area contributed by atoms with Crippen LogP contribution >= 0.6 is 15.9 Å². The van der Waals surface area contributed by atoms with Gasteiger partial charge in [0.1, 0.15) is 5.60 Å². The van der Waals surface area contributed by atoms with Gasteiger partial charge in [-0.2, -0.15) is 0 Å². The van der Waals surface area contributed by atoms with Crippen LogP contribution in [0, 0.1) is 0 Å². The second-order valence-corrected chi connectivity index (χ2v) is 7.84. The number of benzene rings is 1. The topological polar surface area (TPSA) is 43.7 Å². The van der Waals surface area contributed by atoms with Crippen LogP contribution in [0.5, 0.6) is 0 Å². The minimum absolute atomic E-state index is 0.0129. The van der Waals surface area contributed by atoms with E-state index in [-0.39, 0.29) is 18.2 Å². The fraction of sp³-hybridized carbons (Fsp3) is 0.647. The van der Waals surface area contributed by atoms with E-state index in [0.29, 0.717) is 6.42 Å². The Kier molecular flexibility index (Phi) is 5.14. The molecule has 1 saturated heterocycles. The van der Waals surface area contributed by atoms with Crippen molar-refractivity contribution < 1.29 is 10.2 Å². The molecule has 0 spiro atoms. The van der Waals surface area contributed by atoms with E-state index in [1.807, 2.05) is 24.3 Å². The quantitative estimate of drug-likeness (QED) is 0.870. The van der Waals surface area contributed by atoms with E-state index in [4.69, 9.17) is 0 Å². The first-order valence-electron chi connectivity index (χ1n) is 7.65. The number of hydrogen-bond donors (Lipinski definition) is 2. The summed E-state index contributed by atoms with van der Waals surface area (Å²) in [7, 11) is 0. The van der Waals surface area contributed by atoms with Gasteiger partial charge in [0.2, 0.25) is 0 Å². The molecule has 0 bridgehead atoms. The van der Waals surface area contributed by atoms with Crippen LogP contribution in [0.3, 0.4) is 0 Å². The highest BCUT2D eigenvalue weighted by Crippen LogP contribution is 2.40. The fourth-order valence-corrected chi connectivity index (χ4v) is 3.74. The lowest BCUT2D eigenvalue weighted by molar-refractivity contribution is -0.0761. The van der Waals surface area contributed by atoms with Crippen LogP contribution in [-0.4, -0.2) is 39.8 Å². The van der Waals surface area contributed by atoms with Crippen molar-refractivity contribution in [3.8, 4) is 0 Å². The van der Waals surface area contributed by atoms with E-state index >= 15 is 0 Å². The maximum atomic E-state index is 11.4. The van der Waals surface area contributed by atoms with Gasteiger partial charge in [0.25, 0.3) is 0 Å². The van der Waals surface area contributed by atoms with Crippen molar-refractivity contribution in [1.82, 2.24) is 4.90 Å². The van der Waals surface area contributed by atoms with Crippen LogP contribution in [-0.2, 0) is 5.60 Å². The highest BCUT2D eigenvalue weighted by molar-refractivity contribution is 9.10. The monoisotopic (exact) mass is 355 g/mol. The van der Waals surface area contributed by atoms with Gasteiger partial charge >= 0.3 is 0 Å². The molecule has 118 valence electrons. The molecule has 3 nitrogen and oxygen atoms in total. The first-order valence-corrected chi connectivity index (χ1v) is 8.44. The lowest BCUT2D eigenvalue weighted by atomic mass is 9.81. The summed E-state index contributed by atoms with van der Waals surface area (Å²) in [5.74, 6) is 0. The molecule has 2 atom stereocenters. The van der Waals surface area contributed by atoms with Crippen molar-refractivity contribution in [2.45, 2.75) is 57.2 Å². The molecule has 1 aliphatic rings. The predicted molar refractivity (Wildman–Crippen MR) is 89.2 cm³/mol. The van der Waals surface area contributed by atoms with Gasteiger partial charge in [-0.3, -0.25) is 4.90 Å². The van der Waals surface area contributed by atoms with Crippen molar-refractivity contribution in [2.75, 3.05) is 13.2 Å². The van der Waals surface area contributed by atoms with Crippen LogP contribution in [0.2, 0.25) is 0 Å². The summed E-state index contributed by atoms with van der Waals surface area (Å²) in [5.41, 5.74) is -0.0972. The SMILES string of the molecule is CC(C)(C)N1CCC[C@H]1[C@@](O)(CCO)c1ccc(Br)cc1. The van der Waals surface area contributed by atoms with Crippen molar-refractivity contribution in [1.29, 1.82) is 0 Å². The lowest BCUT2D eigenvalue weighted by Crippen LogP contribution is -2.54. The molecule has 0 amide bonds. The maximum Gasteiger partial charge on any atom is 0.107 e. The number of halogens is 1. The summed E-state index contributed by atoms with van der Waals surface area (Å²) in [6.07, 6.45) is 2.42. The molecule has 0 radical (unpaired) electrons. The lowest BCUT2D eigenvalue weighted by Gasteiger charge is -2.45. The summed E-state index contributed by atoms with van der Waals surface area (Å²) >= 11 is 3.44. The summed E-state index contributed by atoms with van der Waals surface area (Å²) in [6, 6.07) is 7.87. The number of hydrogen-bond acceptors (Lipinski definition) is 3. The zero-order valence-corrected chi connectivity index (χ0v) is 14.7. The molecular formula is C17H26BrNO2. The van der Waals surface area contributed by atoms with Crippen molar-refractivity contribution in [3.63, 3.8) is 0 Å². The van der Waals surface area contributed by atoms with Crippen LogP contribution < -0.4 is 0 Å². The standard InChI is InChI=1S/C17H26BrNO2/c1-16(2,3)19-11-4-5-15(19)17(21,10-12-20)13-6-8-14(18)9-7-13/h6-9,15,20-21H,4-5,10-12H2,1-3H3/t15-,17+/m0/s1. The van der Waals surface area contributed by atoms with E-state index in [2.05, 4.69) is 41.6 Å². The molecule has 21 heavy (non-hydrogen) atoms. The van der Waals surface area contributed by atoms with Crippen molar-refractivity contribution in [3.05, 3.63) is 34.3 Å². The zero-order chi connectivity index (χ0) is 15.7. The van der Waals surface area contributed by atoms with Crippen LogP contribution in [0.1, 0.15) is 45.6 Å². The van der Waals surface area contributed by atoms with Gasteiger partial charge in [0, 0.05) is 29.1 Å². The maximum absolute atomic E-state index is 11.4. The van der Waals surface area contributed by atoms with Gasteiger partial charge in [-0.1, -0.05) is 28.1 Å². The van der Waals surface area contributed by atoms with E-state index in [9.17, 15) is 10.2 Å². The minimum atomic E-state index is -1.00. The average Bonchev–Trinajstić information content (AvgIpc) is 2.89. The number of aliphatic hydroxyl groups excluding tert-OH is 1. The molecule has 1 fully saturated rings. The molecule has 0 aromatic heterocycles. The van der Waals surface area contributed by atoms with E-state index in [0.717, 1.165) is 29.4 Å². The van der Waals surface area contributed by atoms with Gasteiger partial charge < -0.3 is 10.2 Å². The third-order valence-electron chi connectivity index (χ3n) is 4.50. The molecule has 2 N–H and O–H groups in total. The van der Waals surface area contributed by atoms with Gasteiger partial charge in [0.05, 0.1) is 0 Å². The Bertz CT molecular complexity index is 469. The van der Waals surface area contributed by atoms with Crippen LogP contribution in [0.25, 0.3) is 0 Å². The van der Waals surface area contributed by atoms with Gasteiger partial charge in [-0.05, 0) is 57.9 Å². The van der Waals surface area contributed by atoms with Gasteiger partial charge in [-0.25, -0.2) is 0 Å². The highest BCUT2D eigenvalue weighted by atomic mass is 79.9. The molecule has 4 heteroatoms. The third kappa shape index (κ3) is 3.50. The smallest absolute Gasteiger partial charge is 0.107 e. The number of likely N-dealkylation sites (tertiary alicyclic amines) is 1. The normalized spacial score (nSPS) is 23.2. The second kappa shape index (κ2) is 6.37. The summed E-state index contributed by atoms with van der Waals surface area (Å²) in [5, 5.41) is 20.9. The van der Waals surface area contributed by atoms with E-state index < -0.39 is 5.60 Å². The van der Waals surface area contributed by atoms with E-state index in [1.54, 1.807) is 0 Å². The molecule has 1 aromatic carbocycles. The average molecular weight is 356 g/mol. The molecule has 2 rings (SSSR count). The molecule has 1 aliphatic heterocycles. The molecule has 1 aromatic rings. The third-order valence-corrected chi connectivity index (χ3v) is 5.03. The number of aliphatic hydroxyl groups is 2. The molecule has 1 heterocycles. The van der Waals surface area contributed by atoms with Crippen molar-refractivity contribution >= 4 is 15.9 Å². The fourth-order valence-electron chi connectivity index (χ4n) is 3.48. The molecule has 0 unspecified atom stereocenters. The van der Waals surface area contributed by atoms with Gasteiger partial charge in [0.15, 0.2) is 0 Å². The van der Waals surface area contributed by atoms with Gasteiger partial charge in [-0.15, -0.1) is 0 Å². The Morgan fingerprint density at radius 1 is 1.24 bits per heavy atom. The van der Waals surface area contributed by atoms with Crippen molar-refractivity contribution in [2.24, 2.45) is 0 Å². The predicted octanol–water partition coefficient (Wildman–Crippen LogP) is 3.28. The number of nitrogens with zero attached hydrogens (tertiary/aromatic N) is 1.